The number of imide groups is 1. The van der Waals surface area contributed by atoms with Gasteiger partial charge in [0.15, 0.2) is 6.10 Å². The van der Waals surface area contributed by atoms with Crippen LogP contribution in [0.2, 0.25) is 0 Å². The second kappa shape index (κ2) is 7.45. The van der Waals surface area contributed by atoms with E-state index in [0.29, 0.717) is 11.4 Å². The summed E-state index contributed by atoms with van der Waals surface area (Å²) < 4.78 is 5.37. The summed E-state index contributed by atoms with van der Waals surface area (Å²) in [5.41, 5.74) is 1.89. The summed E-state index contributed by atoms with van der Waals surface area (Å²) in [6.45, 7) is 0. The molecule has 3 aromatic rings. The molecule has 0 aromatic heterocycles. The van der Waals surface area contributed by atoms with Crippen LogP contribution in [0, 0.1) is 5.92 Å². The van der Waals surface area contributed by atoms with Crippen LogP contribution in [0.15, 0.2) is 78.9 Å². The minimum Gasteiger partial charge on any atom is -0.508 e. The fourth-order valence-electron chi connectivity index (χ4n) is 4.28. The summed E-state index contributed by atoms with van der Waals surface area (Å²) in [5, 5.41) is 11.3. The number of methoxy groups -OCH3 is 1. The van der Waals surface area contributed by atoms with Crippen molar-refractivity contribution in [1.29, 1.82) is 0 Å². The van der Waals surface area contributed by atoms with Gasteiger partial charge in [-0.25, -0.2) is 9.96 Å². The summed E-state index contributed by atoms with van der Waals surface area (Å²) in [4.78, 5) is 34.2. The van der Waals surface area contributed by atoms with Crippen molar-refractivity contribution in [3.63, 3.8) is 0 Å². The predicted octanol–water partition coefficient (Wildman–Crippen LogP) is 3.45. The van der Waals surface area contributed by atoms with Gasteiger partial charge in [0.2, 0.25) is 5.91 Å². The first kappa shape index (κ1) is 19.1. The molecular formula is C24H20N2O5. The van der Waals surface area contributed by atoms with Crippen molar-refractivity contribution in [3.05, 3.63) is 84.4 Å². The number of anilines is 2. The van der Waals surface area contributed by atoms with Gasteiger partial charge in [0.05, 0.1) is 24.5 Å². The lowest BCUT2D eigenvalue weighted by Crippen LogP contribution is -2.37. The smallest absolute Gasteiger partial charge is 0.266 e. The lowest BCUT2D eigenvalue weighted by Gasteiger charge is -2.29. The number of phenols is 1. The third-order valence-electron chi connectivity index (χ3n) is 5.69. The third-order valence-corrected chi connectivity index (χ3v) is 5.69. The first-order chi connectivity index (χ1) is 15.1. The molecule has 0 radical (unpaired) electrons. The Balaban J connectivity index is 1.60. The van der Waals surface area contributed by atoms with E-state index < -0.39 is 24.0 Å². The molecular weight excluding hydrogens is 396 g/mol. The molecule has 7 nitrogen and oxygen atoms in total. The monoisotopic (exact) mass is 416 g/mol. The van der Waals surface area contributed by atoms with Crippen LogP contribution in [-0.4, -0.2) is 30.1 Å². The molecule has 1 N–H and O–H groups in total. The minimum absolute atomic E-state index is 0.120. The molecule has 0 spiro atoms. The number of hydrogen-bond donors (Lipinski definition) is 1. The highest BCUT2D eigenvalue weighted by Gasteiger charge is 2.60. The molecule has 2 aliphatic rings. The van der Waals surface area contributed by atoms with E-state index in [1.165, 1.54) is 7.11 Å². The summed E-state index contributed by atoms with van der Waals surface area (Å²) in [6, 6.07) is 22.3. The quantitative estimate of drug-likeness (QED) is 0.657. The number of carbonyl (C=O) groups excluding carboxylic acids is 2. The summed E-state index contributed by atoms with van der Waals surface area (Å²) in [5.74, 6) is -0.972. The zero-order chi connectivity index (χ0) is 21.5. The Labute approximate surface area is 179 Å². The molecule has 31 heavy (non-hydrogen) atoms. The average Bonchev–Trinajstić information content (AvgIpc) is 3.31. The second-order valence-corrected chi connectivity index (χ2v) is 7.43. The average molecular weight is 416 g/mol. The van der Waals surface area contributed by atoms with E-state index >= 15 is 0 Å². The number of phenolic OH excluding ortho intramolecular Hbond substituents is 1. The number of fused-ring (bicyclic) bond motifs is 1. The molecule has 3 aromatic carbocycles. The molecule has 2 fully saturated rings. The van der Waals surface area contributed by atoms with Gasteiger partial charge in [-0.2, -0.15) is 0 Å². The first-order valence-electron chi connectivity index (χ1n) is 9.91. The molecule has 2 saturated heterocycles. The van der Waals surface area contributed by atoms with Gasteiger partial charge in [0, 0.05) is 0 Å². The van der Waals surface area contributed by atoms with Crippen molar-refractivity contribution >= 4 is 23.2 Å². The van der Waals surface area contributed by atoms with Gasteiger partial charge in [-0.3, -0.25) is 14.4 Å². The Kier molecular flexibility index (Phi) is 4.60. The number of ether oxygens (including phenoxy) is 1. The van der Waals surface area contributed by atoms with Gasteiger partial charge >= 0.3 is 0 Å². The lowest BCUT2D eigenvalue weighted by molar-refractivity contribution is -0.126. The van der Waals surface area contributed by atoms with Gasteiger partial charge < -0.3 is 9.84 Å². The maximum atomic E-state index is 13.6. The Hall–Kier alpha value is -3.84. The number of rotatable bonds is 4. The molecule has 0 aliphatic carbocycles. The van der Waals surface area contributed by atoms with E-state index in [4.69, 9.17) is 9.57 Å². The molecule has 156 valence electrons. The van der Waals surface area contributed by atoms with Gasteiger partial charge in [0.25, 0.3) is 5.91 Å². The van der Waals surface area contributed by atoms with Crippen LogP contribution in [0.4, 0.5) is 11.4 Å². The number of nitrogens with zero attached hydrogens (tertiary/aromatic N) is 2. The van der Waals surface area contributed by atoms with Gasteiger partial charge in [-0.1, -0.05) is 42.5 Å². The van der Waals surface area contributed by atoms with Crippen molar-refractivity contribution in [2.45, 2.75) is 12.1 Å². The van der Waals surface area contributed by atoms with E-state index in [1.54, 1.807) is 53.6 Å². The van der Waals surface area contributed by atoms with Gasteiger partial charge in [-0.15, -0.1) is 0 Å². The van der Waals surface area contributed by atoms with Crippen LogP contribution < -0.4 is 14.7 Å². The van der Waals surface area contributed by atoms with Gasteiger partial charge in [0.1, 0.15) is 17.4 Å². The Morgan fingerprint density at radius 2 is 1.55 bits per heavy atom. The molecule has 0 unspecified atom stereocenters. The number of hydroxylamine groups is 1. The fourth-order valence-corrected chi connectivity index (χ4v) is 4.28. The van der Waals surface area contributed by atoms with E-state index in [1.807, 2.05) is 30.3 Å². The molecule has 2 heterocycles. The predicted molar refractivity (Wildman–Crippen MR) is 114 cm³/mol. The highest BCUT2D eigenvalue weighted by Crippen LogP contribution is 2.48. The minimum atomic E-state index is -0.962. The SMILES string of the molecule is COc1ccccc1N1C(=O)[C@H]2[C@@H](ON(c3ccccc3)[C@H]2c2ccc(O)cc2)C1=O. The Morgan fingerprint density at radius 3 is 2.26 bits per heavy atom. The zero-order valence-electron chi connectivity index (χ0n) is 16.7. The van der Waals surface area contributed by atoms with Crippen molar-refractivity contribution in [1.82, 2.24) is 0 Å². The summed E-state index contributed by atoms with van der Waals surface area (Å²) >= 11 is 0. The van der Waals surface area contributed by atoms with Crippen molar-refractivity contribution in [2.75, 3.05) is 17.1 Å². The highest BCUT2D eigenvalue weighted by atomic mass is 16.7. The number of carbonyl (C=O) groups is 2. The second-order valence-electron chi connectivity index (χ2n) is 7.43. The topological polar surface area (TPSA) is 79.3 Å². The maximum absolute atomic E-state index is 13.6. The van der Waals surface area contributed by atoms with E-state index in [2.05, 4.69) is 0 Å². The normalized spacial score (nSPS) is 22.7. The van der Waals surface area contributed by atoms with Crippen molar-refractivity contribution in [2.24, 2.45) is 5.92 Å². The largest absolute Gasteiger partial charge is 0.508 e. The molecule has 0 saturated carbocycles. The summed E-state index contributed by atoms with van der Waals surface area (Å²) in [6.07, 6.45) is -0.962. The van der Waals surface area contributed by atoms with Crippen LogP contribution in [0.25, 0.3) is 0 Å². The molecule has 2 amide bonds. The third kappa shape index (κ3) is 3.02. The Bertz CT molecular complexity index is 1130. The van der Waals surface area contributed by atoms with E-state index in [-0.39, 0.29) is 11.7 Å². The molecule has 3 atom stereocenters. The van der Waals surface area contributed by atoms with Crippen molar-refractivity contribution < 1.29 is 24.3 Å². The van der Waals surface area contributed by atoms with Crippen LogP contribution in [-0.2, 0) is 14.4 Å². The number of para-hydroxylation sites is 3. The first-order valence-corrected chi connectivity index (χ1v) is 9.91. The molecule has 7 heteroatoms. The fraction of sp³-hybridized carbons (Fsp3) is 0.167. The molecule has 0 bridgehead atoms. The number of benzene rings is 3. The van der Waals surface area contributed by atoms with E-state index in [9.17, 15) is 14.7 Å². The zero-order valence-corrected chi connectivity index (χ0v) is 16.7. The lowest BCUT2D eigenvalue weighted by atomic mass is 9.90. The van der Waals surface area contributed by atoms with Crippen LogP contribution in [0.3, 0.4) is 0 Å². The molecule has 2 aliphatic heterocycles. The Morgan fingerprint density at radius 1 is 0.871 bits per heavy atom. The number of hydrogen-bond acceptors (Lipinski definition) is 6. The van der Waals surface area contributed by atoms with Gasteiger partial charge in [-0.05, 0) is 42.0 Å². The molecule has 5 rings (SSSR count). The maximum Gasteiger partial charge on any atom is 0.266 e. The number of aromatic hydroxyl groups is 1. The van der Waals surface area contributed by atoms with Crippen molar-refractivity contribution in [3.8, 4) is 11.5 Å². The van der Waals surface area contributed by atoms with Crippen LogP contribution >= 0.6 is 0 Å². The van der Waals surface area contributed by atoms with Crippen LogP contribution in [0.5, 0.6) is 11.5 Å². The standard InChI is InChI=1S/C24H20N2O5/c1-30-19-10-6-5-9-18(19)25-23(28)20-21(15-11-13-17(27)14-12-15)26(31-22(20)24(25)29)16-7-3-2-4-8-16/h2-14,20-22,27H,1H3/t20-,21+,22-/m1/s1. The number of amides is 2. The summed E-state index contributed by atoms with van der Waals surface area (Å²) in [7, 11) is 1.50. The van der Waals surface area contributed by atoms with Crippen LogP contribution in [0.1, 0.15) is 11.6 Å². The highest BCUT2D eigenvalue weighted by molar-refractivity contribution is 6.24. The van der Waals surface area contributed by atoms with E-state index in [0.717, 1.165) is 16.2 Å².